The fraction of sp³-hybridized carbons (Fsp3) is 0.368. The number of halogens is 3. The molecule has 1 fully saturated rings. The van der Waals surface area contributed by atoms with Crippen LogP contribution < -0.4 is 5.32 Å². The second kappa shape index (κ2) is 8.49. The van der Waals surface area contributed by atoms with E-state index >= 15 is 0 Å². The van der Waals surface area contributed by atoms with Gasteiger partial charge >= 0.3 is 6.18 Å². The van der Waals surface area contributed by atoms with Crippen LogP contribution in [0.3, 0.4) is 0 Å². The summed E-state index contributed by atoms with van der Waals surface area (Å²) in [4.78, 5) is 18.3. The molecule has 0 aliphatic carbocycles. The molecule has 1 aliphatic heterocycles. The number of pyridine rings is 1. The number of ether oxygens (including phenoxy) is 1. The number of morpholine rings is 1. The molecule has 27 heavy (non-hydrogen) atoms. The molecule has 1 atom stereocenters. The summed E-state index contributed by atoms with van der Waals surface area (Å²) < 4.78 is 43.8. The molecular formula is C19H20F3N3O2. The molecule has 0 saturated carbocycles. The van der Waals surface area contributed by atoms with E-state index in [0.29, 0.717) is 31.9 Å². The highest BCUT2D eigenvalue weighted by Crippen LogP contribution is 2.31. The van der Waals surface area contributed by atoms with Crippen molar-refractivity contribution in [2.45, 2.75) is 12.2 Å². The van der Waals surface area contributed by atoms with Crippen LogP contribution in [-0.4, -0.2) is 48.6 Å². The average Bonchev–Trinajstić information content (AvgIpc) is 2.69. The number of nitrogens with one attached hydrogen (secondary N) is 1. The third-order valence-electron chi connectivity index (χ3n) is 4.49. The topological polar surface area (TPSA) is 54.5 Å². The van der Waals surface area contributed by atoms with Crippen LogP contribution in [0.15, 0.2) is 48.8 Å². The summed E-state index contributed by atoms with van der Waals surface area (Å²) in [6.45, 7) is 2.67. The van der Waals surface area contributed by atoms with Gasteiger partial charge in [0.1, 0.15) is 0 Å². The van der Waals surface area contributed by atoms with E-state index in [2.05, 4.69) is 15.2 Å². The lowest BCUT2D eigenvalue weighted by atomic mass is 10.0. The van der Waals surface area contributed by atoms with Gasteiger partial charge in [-0.2, -0.15) is 13.2 Å². The Morgan fingerprint density at radius 3 is 2.48 bits per heavy atom. The SMILES string of the molecule is O=C(NCC(c1ccc(C(F)(F)F)cc1)N1CCOCC1)c1cccnc1. The molecule has 144 valence electrons. The molecule has 1 aromatic carbocycles. The largest absolute Gasteiger partial charge is 0.416 e. The highest BCUT2D eigenvalue weighted by Gasteiger charge is 2.31. The van der Waals surface area contributed by atoms with E-state index in [-0.39, 0.29) is 18.5 Å². The Morgan fingerprint density at radius 2 is 1.89 bits per heavy atom. The van der Waals surface area contributed by atoms with E-state index in [1.54, 1.807) is 18.3 Å². The molecule has 1 N–H and O–H groups in total. The lowest BCUT2D eigenvalue weighted by Crippen LogP contribution is -2.43. The van der Waals surface area contributed by atoms with E-state index in [4.69, 9.17) is 4.74 Å². The van der Waals surface area contributed by atoms with Crippen LogP contribution in [0.5, 0.6) is 0 Å². The minimum Gasteiger partial charge on any atom is -0.379 e. The number of rotatable bonds is 5. The number of amides is 1. The molecule has 8 heteroatoms. The van der Waals surface area contributed by atoms with Crippen molar-refractivity contribution in [3.05, 3.63) is 65.5 Å². The van der Waals surface area contributed by atoms with Crippen LogP contribution in [0.2, 0.25) is 0 Å². The number of carbonyl (C=O) groups is 1. The first-order chi connectivity index (χ1) is 12.9. The molecule has 1 aliphatic rings. The predicted molar refractivity (Wildman–Crippen MR) is 93.1 cm³/mol. The standard InChI is InChI=1S/C19H20F3N3O2/c20-19(21,22)16-5-3-14(4-6-16)17(25-8-10-27-11-9-25)13-24-18(26)15-2-1-7-23-12-15/h1-7,12,17H,8-11,13H2,(H,24,26). The number of hydrogen-bond donors (Lipinski definition) is 1. The predicted octanol–water partition coefficient (Wildman–Crippen LogP) is 2.90. The Kier molecular flexibility index (Phi) is 6.08. The number of benzene rings is 1. The van der Waals surface area contributed by atoms with Crippen LogP contribution in [-0.2, 0) is 10.9 Å². The second-order valence-corrected chi connectivity index (χ2v) is 6.24. The molecule has 1 amide bonds. The number of carbonyl (C=O) groups excluding carboxylic acids is 1. The molecule has 0 bridgehead atoms. The highest BCUT2D eigenvalue weighted by atomic mass is 19.4. The molecule has 2 aromatic rings. The van der Waals surface area contributed by atoms with Crippen molar-refractivity contribution >= 4 is 5.91 Å². The Balaban J connectivity index is 1.75. The number of aromatic nitrogens is 1. The van der Waals surface area contributed by atoms with Gasteiger partial charge in [-0.15, -0.1) is 0 Å². The van der Waals surface area contributed by atoms with Gasteiger partial charge in [0.15, 0.2) is 0 Å². The third kappa shape index (κ3) is 5.05. The van der Waals surface area contributed by atoms with Crippen LogP contribution in [0.4, 0.5) is 13.2 Å². The number of nitrogens with zero attached hydrogens (tertiary/aromatic N) is 2. The van der Waals surface area contributed by atoms with Crippen molar-refractivity contribution < 1.29 is 22.7 Å². The van der Waals surface area contributed by atoms with Crippen molar-refractivity contribution in [2.75, 3.05) is 32.8 Å². The van der Waals surface area contributed by atoms with Crippen LogP contribution >= 0.6 is 0 Å². The second-order valence-electron chi connectivity index (χ2n) is 6.24. The van der Waals surface area contributed by atoms with Crippen molar-refractivity contribution in [1.29, 1.82) is 0 Å². The lowest BCUT2D eigenvalue weighted by Gasteiger charge is -2.35. The molecular weight excluding hydrogens is 359 g/mol. The summed E-state index contributed by atoms with van der Waals surface area (Å²) in [5, 5.41) is 2.86. The van der Waals surface area contributed by atoms with Gasteiger partial charge in [0.05, 0.1) is 30.4 Å². The first kappa shape index (κ1) is 19.3. The zero-order valence-corrected chi connectivity index (χ0v) is 14.6. The van der Waals surface area contributed by atoms with Gasteiger partial charge in [-0.05, 0) is 29.8 Å². The van der Waals surface area contributed by atoms with Crippen molar-refractivity contribution in [3.63, 3.8) is 0 Å². The maximum absolute atomic E-state index is 12.8. The van der Waals surface area contributed by atoms with Crippen LogP contribution in [0.1, 0.15) is 27.5 Å². The molecule has 0 radical (unpaired) electrons. The van der Waals surface area contributed by atoms with Crippen molar-refractivity contribution in [3.8, 4) is 0 Å². The smallest absolute Gasteiger partial charge is 0.379 e. The van der Waals surface area contributed by atoms with Gasteiger partial charge in [-0.3, -0.25) is 14.7 Å². The summed E-state index contributed by atoms with van der Waals surface area (Å²) in [5.41, 5.74) is 0.466. The number of alkyl halides is 3. The zero-order valence-electron chi connectivity index (χ0n) is 14.6. The first-order valence-electron chi connectivity index (χ1n) is 8.62. The molecule has 1 unspecified atom stereocenters. The number of hydrogen-bond acceptors (Lipinski definition) is 4. The minimum atomic E-state index is -4.37. The van der Waals surface area contributed by atoms with Gasteiger partial charge in [0.2, 0.25) is 0 Å². The fourth-order valence-corrected chi connectivity index (χ4v) is 3.03. The van der Waals surface area contributed by atoms with E-state index in [1.165, 1.54) is 18.3 Å². The molecule has 5 nitrogen and oxygen atoms in total. The van der Waals surface area contributed by atoms with E-state index in [0.717, 1.165) is 17.7 Å². The lowest BCUT2D eigenvalue weighted by molar-refractivity contribution is -0.137. The molecule has 1 aromatic heterocycles. The summed E-state index contributed by atoms with van der Waals surface area (Å²) >= 11 is 0. The quantitative estimate of drug-likeness (QED) is 0.868. The molecule has 0 spiro atoms. The van der Waals surface area contributed by atoms with Crippen molar-refractivity contribution in [2.24, 2.45) is 0 Å². The van der Waals surface area contributed by atoms with Crippen LogP contribution in [0, 0.1) is 0 Å². The van der Waals surface area contributed by atoms with Gasteiger partial charge < -0.3 is 10.1 Å². The normalized spacial score (nSPS) is 16.7. The summed E-state index contributed by atoms with van der Waals surface area (Å²) in [6, 6.07) is 8.18. The maximum atomic E-state index is 12.8. The Labute approximate surface area is 155 Å². The average molecular weight is 379 g/mol. The maximum Gasteiger partial charge on any atom is 0.416 e. The molecule has 2 heterocycles. The third-order valence-corrected chi connectivity index (χ3v) is 4.49. The first-order valence-corrected chi connectivity index (χ1v) is 8.62. The van der Waals surface area contributed by atoms with Gasteiger partial charge in [-0.1, -0.05) is 12.1 Å². The Hall–Kier alpha value is -2.45. The highest BCUT2D eigenvalue weighted by molar-refractivity contribution is 5.93. The van der Waals surface area contributed by atoms with Crippen LogP contribution in [0.25, 0.3) is 0 Å². The van der Waals surface area contributed by atoms with Gasteiger partial charge in [0.25, 0.3) is 5.91 Å². The van der Waals surface area contributed by atoms with Gasteiger partial charge in [0, 0.05) is 32.0 Å². The van der Waals surface area contributed by atoms with E-state index in [9.17, 15) is 18.0 Å². The molecule has 1 saturated heterocycles. The van der Waals surface area contributed by atoms with Crippen molar-refractivity contribution in [1.82, 2.24) is 15.2 Å². The summed E-state index contributed by atoms with van der Waals surface area (Å²) in [6.07, 6.45) is -1.33. The minimum absolute atomic E-state index is 0.239. The Bertz CT molecular complexity index is 745. The Morgan fingerprint density at radius 1 is 1.19 bits per heavy atom. The fourth-order valence-electron chi connectivity index (χ4n) is 3.03. The molecule has 3 rings (SSSR count). The zero-order chi connectivity index (χ0) is 19.3. The van der Waals surface area contributed by atoms with E-state index in [1.807, 2.05) is 0 Å². The van der Waals surface area contributed by atoms with E-state index < -0.39 is 11.7 Å². The summed E-state index contributed by atoms with van der Waals surface area (Å²) in [5.74, 6) is -0.270. The van der Waals surface area contributed by atoms with Gasteiger partial charge in [-0.25, -0.2) is 0 Å². The monoisotopic (exact) mass is 379 g/mol. The summed E-state index contributed by atoms with van der Waals surface area (Å²) in [7, 11) is 0.